The number of amides is 1. The van der Waals surface area contributed by atoms with Crippen LogP contribution in [-0.4, -0.2) is 27.6 Å². The Bertz CT molecular complexity index is 1620. The van der Waals surface area contributed by atoms with Gasteiger partial charge in [0.25, 0.3) is 5.91 Å². The molecule has 2 N–H and O–H groups in total. The number of ketones is 1. The molecule has 1 aliphatic rings. The summed E-state index contributed by atoms with van der Waals surface area (Å²) in [6, 6.07) is 18.6. The number of hydrogen-bond donors (Lipinski definition) is 1. The van der Waals surface area contributed by atoms with Crippen molar-refractivity contribution >= 4 is 39.9 Å². The number of pyridine rings is 1. The zero-order chi connectivity index (χ0) is 24.1. The highest BCUT2D eigenvalue weighted by molar-refractivity contribution is 7.17. The maximum Gasteiger partial charge on any atom is 0.258 e. The van der Waals surface area contributed by atoms with Crippen molar-refractivity contribution in [2.24, 2.45) is 0 Å². The third-order valence-corrected chi connectivity index (χ3v) is 7.39. The summed E-state index contributed by atoms with van der Waals surface area (Å²) in [7, 11) is 0. The molecule has 0 unspecified atom stereocenters. The van der Waals surface area contributed by atoms with Crippen LogP contribution in [0, 0.1) is 5.82 Å². The van der Waals surface area contributed by atoms with Crippen LogP contribution in [0.1, 0.15) is 31.4 Å². The summed E-state index contributed by atoms with van der Waals surface area (Å²) in [5.41, 5.74) is 9.79. The fraction of sp³-hybridized carbons (Fsp3) is 0.0741. The van der Waals surface area contributed by atoms with Gasteiger partial charge in [-0.3, -0.25) is 14.0 Å². The van der Waals surface area contributed by atoms with Gasteiger partial charge in [-0.25, -0.2) is 9.37 Å². The van der Waals surface area contributed by atoms with Crippen LogP contribution in [0.15, 0.2) is 79.1 Å². The van der Waals surface area contributed by atoms with Gasteiger partial charge in [-0.1, -0.05) is 6.07 Å². The molecule has 0 saturated carbocycles. The Kier molecular flexibility index (Phi) is 4.96. The van der Waals surface area contributed by atoms with Crippen molar-refractivity contribution in [1.29, 1.82) is 0 Å². The van der Waals surface area contributed by atoms with E-state index in [0.29, 0.717) is 40.6 Å². The first-order valence-corrected chi connectivity index (χ1v) is 11.9. The quantitative estimate of drug-likeness (QED) is 0.283. The Labute approximate surface area is 204 Å². The zero-order valence-electron chi connectivity index (χ0n) is 18.4. The lowest BCUT2D eigenvalue weighted by Gasteiger charge is -2.23. The average molecular weight is 483 g/mol. The fourth-order valence-corrected chi connectivity index (χ4v) is 5.62. The van der Waals surface area contributed by atoms with Gasteiger partial charge in [0, 0.05) is 34.4 Å². The number of thiophene rings is 1. The highest BCUT2D eigenvalue weighted by Gasteiger charge is 2.29. The number of rotatable bonds is 3. The molecule has 1 aliphatic heterocycles. The second-order valence-electron chi connectivity index (χ2n) is 8.36. The van der Waals surface area contributed by atoms with Gasteiger partial charge < -0.3 is 10.6 Å². The Morgan fingerprint density at radius 2 is 1.86 bits per heavy atom. The molecule has 6 rings (SSSR count). The average Bonchev–Trinajstić information content (AvgIpc) is 3.46. The van der Waals surface area contributed by atoms with Crippen LogP contribution in [0.2, 0.25) is 0 Å². The molecule has 0 saturated heterocycles. The van der Waals surface area contributed by atoms with Crippen LogP contribution in [0.3, 0.4) is 0 Å². The number of imidazole rings is 1. The molecule has 35 heavy (non-hydrogen) atoms. The maximum absolute atomic E-state index is 14.3. The number of nitrogen functional groups attached to an aromatic ring is 1. The number of benzene rings is 2. The third kappa shape index (κ3) is 3.59. The lowest BCUT2D eigenvalue weighted by atomic mass is 10.1. The number of fused-ring (bicyclic) bond motifs is 4. The number of hydrogen-bond acceptors (Lipinski definition) is 5. The van der Waals surface area contributed by atoms with Crippen molar-refractivity contribution < 1.29 is 14.0 Å². The standard InChI is InChI=1S/C27H19FN4O2S/c28-18-6-9-21-22(14-18)32(27(34)16-4-7-19(29)8-5-16)12-10-17-13-23(35-25(17)21)24(33)26-30-15-20-3-1-2-11-31(20)26/h1-9,11,13-15H,10,12,29H2. The number of carbonyl (C=O) groups is 2. The van der Waals surface area contributed by atoms with Crippen molar-refractivity contribution in [3.63, 3.8) is 0 Å². The van der Waals surface area contributed by atoms with E-state index in [4.69, 9.17) is 5.73 Å². The van der Waals surface area contributed by atoms with E-state index in [1.165, 1.54) is 23.5 Å². The van der Waals surface area contributed by atoms with E-state index in [0.717, 1.165) is 21.5 Å². The minimum atomic E-state index is -0.431. The lowest BCUT2D eigenvalue weighted by Crippen LogP contribution is -2.32. The highest BCUT2D eigenvalue weighted by Crippen LogP contribution is 2.42. The van der Waals surface area contributed by atoms with Gasteiger partial charge in [0.15, 0.2) is 5.82 Å². The van der Waals surface area contributed by atoms with Crippen molar-refractivity contribution in [1.82, 2.24) is 9.38 Å². The first-order valence-electron chi connectivity index (χ1n) is 11.1. The van der Waals surface area contributed by atoms with Crippen LogP contribution in [0.5, 0.6) is 0 Å². The number of aromatic nitrogens is 2. The number of anilines is 2. The normalized spacial score (nSPS) is 12.8. The molecule has 1 amide bonds. The second kappa shape index (κ2) is 8.18. The fourth-order valence-electron chi connectivity index (χ4n) is 4.44. The third-order valence-electron chi connectivity index (χ3n) is 6.18. The summed E-state index contributed by atoms with van der Waals surface area (Å²) < 4.78 is 16.1. The first-order chi connectivity index (χ1) is 17.0. The molecule has 0 radical (unpaired) electrons. The van der Waals surface area contributed by atoms with Gasteiger partial charge in [-0.15, -0.1) is 11.3 Å². The summed E-state index contributed by atoms with van der Waals surface area (Å²) in [5.74, 6) is -0.490. The predicted molar refractivity (Wildman–Crippen MR) is 135 cm³/mol. The Morgan fingerprint density at radius 3 is 2.69 bits per heavy atom. The molecule has 0 fully saturated rings. The minimum absolute atomic E-state index is 0.173. The SMILES string of the molecule is Nc1ccc(C(=O)N2CCc3cc(C(=O)c4ncc5ccccn45)sc3-c3ccc(F)cc32)cc1. The summed E-state index contributed by atoms with van der Waals surface area (Å²) in [6.07, 6.45) is 4.01. The smallest absolute Gasteiger partial charge is 0.258 e. The van der Waals surface area contributed by atoms with Crippen LogP contribution >= 0.6 is 11.3 Å². The van der Waals surface area contributed by atoms with Crippen LogP contribution in [0.4, 0.5) is 15.8 Å². The van der Waals surface area contributed by atoms with Crippen LogP contribution in [0.25, 0.3) is 16.0 Å². The van der Waals surface area contributed by atoms with Crippen molar-refractivity contribution in [2.75, 3.05) is 17.2 Å². The molecule has 2 aromatic carbocycles. The molecule has 5 aromatic rings. The van der Waals surface area contributed by atoms with Crippen molar-refractivity contribution in [3.8, 4) is 10.4 Å². The summed E-state index contributed by atoms with van der Waals surface area (Å²) in [6.45, 7) is 0.351. The van der Waals surface area contributed by atoms with E-state index in [-0.39, 0.29) is 11.7 Å². The van der Waals surface area contributed by atoms with Gasteiger partial charge in [0.2, 0.25) is 5.78 Å². The van der Waals surface area contributed by atoms with E-state index in [2.05, 4.69) is 4.98 Å². The monoisotopic (exact) mass is 482 g/mol. The molecule has 0 aliphatic carbocycles. The first kappa shape index (κ1) is 21.2. The topological polar surface area (TPSA) is 80.7 Å². The minimum Gasteiger partial charge on any atom is -0.399 e. The molecular formula is C27H19FN4O2S. The number of halogens is 1. The summed E-state index contributed by atoms with van der Waals surface area (Å²) in [4.78, 5) is 34.1. The van der Waals surface area contributed by atoms with Gasteiger partial charge in [-0.2, -0.15) is 0 Å². The van der Waals surface area contributed by atoms with Gasteiger partial charge in [0.05, 0.1) is 22.3 Å². The van der Waals surface area contributed by atoms with E-state index >= 15 is 0 Å². The Hall–Kier alpha value is -4.30. The molecule has 3 aromatic heterocycles. The van der Waals surface area contributed by atoms with E-state index in [1.807, 2.05) is 30.5 Å². The number of nitrogens with two attached hydrogens (primary N) is 1. The van der Waals surface area contributed by atoms with Crippen LogP contribution in [-0.2, 0) is 6.42 Å². The molecule has 6 nitrogen and oxygen atoms in total. The second-order valence-corrected chi connectivity index (χ2v) is 9.41. The molecule has 0 atom stereocenters. The lowest BCUT2D eigenvalue weighted by molar-refractivity contribution is 0.0986. The molecule has 172 valence electrons. The number of nitrogens with zero attached hydrogens (tertiary/aromatic N) is 3. The molecular weight excluding hydrogens is 463 g/mol. The van der Waals surface area contributed by atoms with E-state index < -0.39 is 5.82 Å². The maximum atomic E-state index is 14.3. The van der Waals surface area contributed by atoms with Crippen molar-refractivity contribution in [3.05, 3.63) is 107 Å². The van der Waals surface area contributed by atoms with Gasteiger partial charge in [0.1, 0.15) is 5.82 Å². The zero-order valence-corrected chi connectivity index (χ0v) is 19.3. The van der Waals surface area contributed by atoms with Crippen molar-refractivity contribution in [2.45, 2.75) is 6.42 Å². The molecule has 0 bridgehead atoms. The predicted octanol–water partition coefficient (Wildman–Crippen LogP) is 5.22. The van der Waals surface area contributed by atoms with E-state index in [1.54, 1.807) is 45.8 Å². The van der Waals surface area contributed by atoms with Gasteiger partial charge >= 0.3 is 0 Å². The molecule has 0 spiro atoms. The highest BCUT2D eigenvalue weighted by atomic mass is 32.1. The molecule has 4 heterocycles. The van der Waals surface area contributed by atoms with E-state index in [9.17, 15) is 14.0 Å². The van der Waals surface area contributed by atoms with Crippen LogP contribution < -0.4 is 10.6 Å². The Balaban J connectivity index is 1.42. The Morgan fingerprint density at radius 1 is 1.03 bits per heavy atom. The largest absolute Gasteiger partial charge is 0.399 e. The van der Waals surface area contributed by atoms with Gasteiger partial charge in [-0.05, 0) is 72.6 Å². The number of carbonyl (C=O) groups excluding carboxylic acids is 2. The summed E-state index contributed by atoms with van der Waals surface area (Å²) >= 11 is 1.34. The summed E-state index contributed by atoms with van der Waals surface area (Å²) in [5, 5.41) is 0. The molecule has 8 heteroatoms.